The molecular weight excluding hydrogens is 380 g/mol. The van der Waals surface area contributed by atoms with E-state index in [1.165, 1.54) is 17.4 Å². The van der Waals surface area contributed by atoms with Crippen LogP contribution in [-0.4, -0.2) is 37.5 Å². The molecule has 1 aliphatic carbocycles. The van der Waals surface area contributed by atoms with Gasteiger partial charge in [-0.25, -0.2) is 4.79 Å². The van der Waals surface area contributed by atoms with Crippen LogP contribution in [0.3, 0.4) is 0 Å². The third-order valence-corrected chi connectivity index (χ3v) is 5.62. The van der Waals surface area contributed by atoms with Crippen molar-refractivity contribution in [1.29, 1.82) is 0 Å². The first-order chi connectivity index (χ1) is 14.5. The molecule has 3 rings (SSSR count). The monoisotopic (exact) mass is 408 g/mol. The van der Waals surface area contributed by atoms with Gasteiger partial charge in [-0.1, -0.05) is 50.1 Å². The molecule has 1 aliphatic rings. The molecule has 1 N–H and O–H groups in total. The molecule has 2 atom stereocenters. The van der Waals surface area contributed by atoms with Gasteiger partial charge in [-0.3, -0.25) is 9.59 Å². The first kappa shape index (κ1) is 21.6. The number of rotatable bonds is 6. The van der Waals surface area contributed by atoms with Gasteiger partial charge in [-0.05, 0) is 43.0 Å². The van der Waals surface area contributed by atoms with Gasteiger partial charge in [0.05, 0.1) is 11.1 Å². The maximum absolute atomic E-state index is 12.9. The molecule has 0 aromatic heterocycles. The lowest BCUT2D eigenvalue weighted by atomic mass is 9.86. The minimum atomic E-state index is -0.688. The van der Waals surface area contributed by atoms with E-state index in [0.717, 1.165) is 19.3 Å². The molecule has 6 heteroatoms. The van der Waals surface area contributed by atoms with Crippen LogP contribution in [0.15, 0.2) is 54.6 Å². The number of anilines is 1. The number of ether oxygens (including phenoxy) is 1. The quantitative estimate of drug-likeness (QED) is 0.738. The predicted molar refractivity (Wildman–Crippen MR) is 115 cm³/mol. The fourth-order valence-electron chi connectivity index (χ4n) is 3.79. The lowest BCUT2D eigenvalue weighted by Crippen LogP contribution is -2.43. The van der Waals surface area contributed by atoms with Gasteiger partial charge in [-0.2, -0.15) is 0 Å². The van der Waals surface area contributed by atoms with E-state index in [2.05, 4.69) is 12.2 Å². The van der Waals surface area contributed by atoms with Gasteiger partial charge in [0, 0.05) is 18.8 Å². The number of nitrogens with one attached hydrogen (secondary N) is 1. The number of carbonyl (C=O) groups excluding carboxylic acids is 3. The van der Waals surface area contributed by atoms with Crippen molar-refractivity contribution in [3.8, 4) is 0 Å². The molecule has 0 bridgehead atoms. The topological polar surface area (TPSA) is 75.7 Å². The Morgan fingerprint density at radius 3 is 2.30 bits per heavy atom. The third-order valence-electron chi connectivity index (χ3n) is 5.62. The molecule has 0 aliphatic heterocycles. The fraction of sp³-hybridized carbons (Fsp3) is 0.375. The van der Waals surface area contributed by atoms with Crippen LogP contribution >= 0.6 is 0 Å². The summed E-state index contributed by atoms with van der Waals surface area (Å²) in [5.41, 5.74) is 1.09. The highest BCUT2D eigenvalue weighted by atomic mass is 16.5. The summed E-state index contributed by atoms with van der Waals surface area (Å²) in [5.74, 6) is -0.904. The van der Waals surface area contributed by atoms with Crippen molar-refractivity contribution < 1.29 is 19.1 Å². The van der Waals surface area contributed by atoms with Crippen LogP contribution in [0.2, 0.25) is 0 Å². The molecule has 0 saturated heterocycles. The second-order valence-electron chi connectivity index (χ2n) is 7.76. The Kier molecular flexibility index (Phi) is 7.22. The van der Waals surface area contributed by atoms with Crippen LogP contribution in [-0.2, 0) is 9.53 Å². The van der Waals surface area contributed by atoms with Crippen molar-refractivity contribution in [3.63, 3.8) is 0 Å². The average molecular weight is 408 g/mol. The van der Waals surface area contributed by atoms with Crippen molar-refractivity contribution in [3.05, 3.63) is 65.7 Å². The maximum Gasteiger partial charge on any atom is 0.339 e. The molecule has 0 radical (unpaired) electrons. The number of hydrogen-bond donors (Lipinski definition) is 1. The van der Waals surface area contributed by atoms with Crippen LogP contribution in [0.5, 0.6) is 0 Å². The Balaban J connectivity index is 1.64. The molecule has 30 heavy (non-hydrogen) atoms. The number of esters is 1. The average Bonchev–Trinajstić information content (AvgIpc) is 2.78. The van der Waals surface area contributed by atoms with Gasteiger partial charge in [0.25, 0.3) is 11.8 Å². The fourth-order valence-corrected chi connectivity index (χ4v) is 3.79. The zero-order valence-electron chi connectivity index (χ0n) is 17.5. The van der Waals surface area contributed by atoms with Crippen LogP contribution in [0, 0.1) is 5.92 Å². The Bertz CT molecular complexity index is 897. The van der Waals surface area contributed by atoms with Crippen molar-refractivity contribution in [2.75, 3.05) is 18.6 Å². The summed E-state index contributed by atoms with van der Waals surface area (Å²) in [5, 5.41) is 2.96. The number of benzene rings is 2. The second-order valence-corrected chi connectivity index (χ2v) is 7.76. The van der Waals surface area contributed by atoms with Gasteiger partial charge in [0.2, 0.25) is 0 Å². The molecule has 1 saturated carbocycles. The highest BCUT2D eigenvalue weighted by Gasteiger charge is 2.25. The number of hydrogen-bond acceptors (Lipinski definition) is 4. The number of amides is 2. The predicted octanol–water partition coefficient (Wildman–Crippen LogP) is 3.81. The van der Waals surface area contributed by atoms with Crippen LogP contribution < -0.4 is 10.2 Å². The SMILES string of the molecule is CC1CCCCC1NC(=O)COC(=O)c1ccccc1C(=O)N(C)c1ccccc1. The standard InChI is InChI=1S/C24H28N2O4/c1-17-10-6-9-15-21(17)25-22(27)16-30-24(29)20-14-8-7-13-19(20)23(28)26(2)18-11-4-3-5-12-18/h3-5,7-8,11-14,17,21H,6,9-10,15-16H2,1-2H3,(H,25,27). The van der Waals surface area contributed by atoms with Crippen LogP contribution in [0.1, 0.15) is 53.3 Å². The summed E-state index contributed by atoms with van der Waals surface area (Å²) < 4.78 is 5.22. The van der Waals surface area contributed by atoms with Crippen LogP contribution in [0.25, 0.3) is 0 Å². The van der Waals surface area contributed by atoms with E-state index < -0.39 is 5.97 Å². The van der Waals surface area contributed by atoms with Crippen molar-refractivity contribution in [2.45, 2.75) is 38.6 Å². The number of nitrogens with zero attached hydrogens (tertiary/aromatic N) is 1. The van der Waals surface area contributed by atoms with Gasteiger partial charge < -0.3 is 15.0 Å². The zero-order valence-corrected chi connectivity index (χ0v) is 17.5. The lowest BCUT2D eigenvalue weighted by molar-refractivity contribution is -0.125. The molecule has 1 fully saturated rings. The molecular formula is C24H28N2O4. The summed E-state index contributed by atoms with van der Waals surface area (Å²) in [6, 6.07) is 15.8. The molecule has 2 unspecified atom stereocenters. The molecule has 158 valence electrons. The van der Waals surface area contributed by atoms with E-state index in [1.807, 2.05) is 30.3 Å². The van der Waals surface area contributed by atoms with Crippen LogP contribution in [0.4, 0.5) is 5.69 Å². The minimum absolute atomic E-state index is 0.123. The Morgan fingerprint density at radius 2 is 1.60 bits per heavy atom. The van der Waals surface area contributed by atoms with Gasteiger partial charge in [-0.15, -0.1) is 0 Å². The second kappa shape index (κ2) is 10.1. The summed E-state index contributed by atoms with van der Waals surface area (Å²) in [6.07, 6.45) is 4.32. The summed E-state index contributed by atoms with van der Waals surface area (Å²) in [6.45, 7) is 1.76. The van der Waals surface area contributed by atoms with Gasteiger partial charge in [0.15, 0.2) is 6.61 Å². The molecule has 6 nitrogen and oxygen atoms in total. The lowest BCUT2D eigenvalue weighted by Gasteiger charge is -2.29. The Hall–Kier alpha value is -3.15. The van der Waals surface area contributed by atoms with E-state index >= 15 is 0 Å². The highest BCUT2D eigenvalue weighted by molar-refractivity contribution is 6.12. The smallest absolute Gasteiger partial charge is 0.339 e. The summed E-state index contributed by atoms with van der Waals surface area (Å²) in [7, 11) is 1.65. The minimum Gasteiger partial charge on any atom is -0.452 e. The molecule has 0 heterocycles. The van der Waals surface area contributed by atoms with Crippen molar-refractivity contribution in [1.82, 2.24) is 5.32 Å². The van der Waals surface area contributed by atoms with E-state index in [9.17, 15) is 14.4 Å². The third kappa shape index (κ3) is 5.26. The van der Waals surface area contributed by atoms with E-state index in [-0.39, 0.29) is 35.6 Å². The van der Waals surface area contributed by atoms with E-state index in [1.54, 1.807) is 25.2 Å². The largest absolute Gasteiger partial charge is 0.452 e. The first-order valence-corrected chi connectivity index (χ1v) is 10.4. The first-order valence-electron chi connectivity index (χ1n) is 10.4. The van der Waals surface area contributed by atoms with Crippen molar-refractivity contribution in [2.24, 2.45) is 5.92 Å². The normalized spacial score (nSPS) is 18.3. The summed E-state index contributed by atoms with van der Waals surface area (Å²) in [4.78, 5) is 39.3. The Morgan fingerprint density at radius 1 is 0.967 bits per heavy atom. The maximum atomic E-state index is 12.9. The Labute approximate surface area is 177 Å². The molecule has 2 aromatic carbocycles. The van der Waals surface area contributed by atoms with E-state index in [4.69, 9.17) is 4.74 Å². The summed E-state index contributed by atoms with van der Waals surface area (Å²) >= 11 is 0. The highest BCUT2D eigenvalue weighted by Crippen LogP contribution is 2.23. The van der Waals surface area contributed by atoms with Crippen molar-refractivity contribution >= 4 is 23.5 Å². The molecule has 2 aromatic rings. The molecule has 2 amide bonds. The molecule has 0 spiro atoms. The number of para-hydroxylation sites is 1. The zero-order chi connectivity index (χ0) is 21.5. The van der Waals surface area contributed by atoms with Gasteiger partial charge in [0.1, 0.15) is 0 Å². The number of carbonyl (C=O) groups is 3. The van der Waals surface area contributed by atoms with Gasteiger partial charge >= 0.3 is 5.97 Å². The van der Waals surface area contributed by atoms with E-state index in [0.29, 0.717) is 11.6 Å².